The number of nitrogens with zero attached hydrogens (tertiary/aromatic N) is 2. The quantitative estimate of drug-likeness (QED) is 0.404. The molecule has 0 radical (unpaired) electrons. The van der Waals surface area contributed by atoms with E-state index in [-0.39, 0.29) is 0 Å². The minimum Gasteiger partial charge on any atom is -0.411 e. The van der Waals surface area contributed by atoms with Crippen LogP contribution in [-0.2, 0) is 0 Å². The molecule has 0 bridgehead atoms. The zero-order valence-electron chi connectivity index (χ0n) is 6.86. The highest BCUT2D eigenvalue weighted by Gasteiger charge is 2.01. The molecule has 12 heavy (non-hydrogen) atoms. The summed E-state index contributed by atoms with van der Waals surface area (Å²) in [7, 11) is 0. The Hall–Kier alpha value is -1.64. The fourth-order valence-electron chi connectivity index (χ4n) is 0.971. The van der Waals surface area contributed by atoms with Crippen molar-refractivity contribution in [2.45, 2.75) is 6.92 Å². The second kappa shape index (κ2) is 3.67. The Morgan fingerprint density at radius 1 is 1.42 bits per heavy atom. The highest BCUT2D eigenvalue weighted by molar-refractivity contribution is 6.02. The molecule has 0 aromatic heterocycles. The van der Waals surface area contributed by atoms with Crippen LogP contribution in [0.4, 0.5) is 5.69 Å². The number of hydrogen-bond acceptors (Lipinski definition) is 3. The van der Waals surface area contributed by atoms with Crippen LogP contribution >= 0.6 is 0 Å². The average molecular weight is 162 g/mol. The van der Waals surface area contributed by atoms with E-state index in [4.69, 9.17) is 5.21 Å². The van der Waals surface area contributed by atoms with Crippen LogP contribution in [0, 0.1) is 0 Å². The molecule has 0 unspecified atom stereocenters. The summed E-state index contributed by atoms with van der Waals surface area (Å²) in [6, 6.07) is 7.37. The summed E-state index contributed by atoms with van der Waals surface area (Å²) in [6.45, 7) is 5.13. The number of benzene rings is 1. The lowest BCUT2D eigenvalue weighted by molar-refractivity contribution is 0.319. The van der Waals surface area contributed by atoms with Crippen molar-refractivity contribution in [1.29, 1.82) is 0 Å². The van der Waals surface area contributed by atoms with Crippen LogP contribution in [0.5, 0.6) is 0 Å². The molecule has 3 nitrogen and oxygen atoms in total. The molecule has 1 aromatic rings. The first-order valence-electron chi connectivity index (χ1n) is 3.54. The van der Waals surface area contributed by atoms with E-state index in [9.17, 15) is 0 Å². The molecule has 0 aliphatic carbocycles. The van der Waals surface area contributed by atoms with Crippen molar-refractivity contribution in [3.05, 3.63) is 29.8 Å². The summed E-state index contributed by atoms with van der Waals surface area (Å²) >= 11 is 0. The van der Waals surface area contributed by atoms with Gasteiger partial charge in [-0.1, -0.05) is 23.4 Å². The molecule has 0 atom stereocenters. The van der Waals surface area contributed by atoms with E-state index < -0.39 is 0 Å². The Kier molecular flexibility index (Phi) is 2.58. The lowest BCUT2D eigenvalue weighted by Gasteiger charge is -2.01. The van der Waals surface area contributed by atoms with Crippen molar-refractivity contribution in [3.63, 3.8) is 0 Å². The molecule has 1 N–H and O–H groups in total. The molecule has 62 valence electrons. The number of para-hydroxylation sites is 1. The maximum atomic E-state index is 8.53. The van der Waals surface area contributed by atoms with Gasteiger partial charge >= 0.3 is 0 Å². The van der Waals surface area contributed by atoms with Gasteiger partial charge in [-0.25, -0.2) is 0 Å². The number of hydrogen-bond donors (Lipinski definition) is 1. The van der Waals surface area contributed by atoms with Crippen molar-refractivity contribution in [2.24, 2.45) is 10.1 Å². The average Bonchev–Trinajstić information content (AvgIpc) is 2.16. The molecule has 0 heterocycles. The van der Waals surface area contributed by atoms with Crippen LogP contribution in [0.2, 0.25) is 0 Å². The van der Waals surface area contributed by atoms with Crippen LogP contribution in [0.3, 0.4) is 0 Å². The second-order valence-corrected chi connectivity index (χ2v) is 2.36. The molecule has 1 rings (SSSR count). The molecule has 0 aliphatic heterocycles. The summed E-state index contributed by atoms with van der Waals surface area (Å²) in [5, 5.41) is 11.6. The van der Waals surface area contributed by atoms with Crippen LogP contribution in [0.15, 0.2) is 34.4 Å². The van der Waals surface area contributed by atoms with Crippen LogP contribution in [0.25, 0.3) is 0 Å². The van der Waals surface area contributed by atoms with Gasteiger partial charge in [-0.2, -0.15) is 0 Å². The van der Waals surface area contributed by atoms with E-state index in [1.165, 1.54) is 0 Å². The van der Waals surface area contributed by atoms with Crippen LogP contribution in [0.1, 0.15) is 12.5 Å². The highest BCUT2D eigenvalue weighted by atomic mass is 16.4. The molecule has 0 saturated heterocycles. The summed E-state index contributed by atoms with van der Waals surface area (Å²) in [5.74, 6) is 0. The van der Waals surface area contributed by atoms with Crippen LogP contribution in [-0.4, -0.2) is 17.6 Å². The van der Waals surface area contributed by atoms with Crippen molar-refractivity contribution < 1.29 is 5.21 Å². The Morgan fingerprint density at radius 3 is 2.67 bits per heavy atom. The van der Waals surface area contributed by atoms with Gasteiger partial charge < -0.3 is 5.21 Å². The minimum atomic E-state index is 0.540. The van der Waals surface area contributed by atoms with Gasteiger partial charge in [0, 0.05) is 5.56 Å². The summed E-state index contributed by atoms with van der Waals surface area (Å²) in [4.78, 5) is 3.80. The zero-order valence-corrected chi connectivity index (χ0v) is 6.86. The fourth-order valence-corrected chi connectivity index (χ4v) is 0.971. The molecule has 0 amide bonds. The smallest absolute Gasteiger partial charge is 0.0858 e. The van der Waals surface area contributed by atoms with Gasteiger partial charge in [-0.05, 0) is 19.7 Å². The first kappa shape index (κ1) is 8.46. The SMILES string of the molecule is C=Nc1ccccc1C(C)=NO. The summed E-state index contributed by atoms with van der Waals surface area (Å²) in [6.07, 6.45) is 0. The predicted octanol–water partition coefficient (Wildman–Crippen LogP) is 2.22. The molecule has 0 saturated carbocycles. The van der Waals surface area contributed by atoms with E-state index in [1.54, 1.807) is 6.92 Å². The first-order valence-corrected chi connectivity index (χ1v) is 3.54. The van der Waals surface area contributed by atoms with Gasteiger partial charge in [0.05, 0.1) is 11.4 Å². The van der Waals surface area contributed by atoms with Crippen molar-refractivity contribution in [1.82, 2.24) is 0 Å². The molecular formula is C9H10N2O. The summed E-state index contributed by atoms with van der Waals surface area (Å²) in [5.41, 5.74) is 2.07. The summed E-state index contributed by atoms with van der Waals surface area (Å²) < 4.78 is 0. The number of oxime groups is 1. The molecule has 0 aliphatic rings. The molecule has 1 aromatic carbocycles. The maximum absolute atomic E-state index is 8.53. The van der Waals surface area contributed by atoms with Gasteiger partial charge in [-0.15, -0.1) is 0 Å². The van der Waals surface area contributed by atoms with E-state index in [2.05, 4.69) is 16.9 Å². The fraction of sp³-hybridized carbons (Fsp3) is 0.111. The van der Waals surface area contributed by atoms with Crippen molar-refractivity contribution in [2.75, 3.05) is 0 Å². The van der Waals surface area contributed by atoms with E-state index >= 15 is 0 Å². The molecular weight excluding hydrogens is 152 g/mol. The third-order valence-electron chi connectivity index (χ3n) is 1.61. The van der Waals surface area contributed by atoms with E-state index in [0.29, 0.717) is 5.71 Å². The van der Waals surface area contributed by atoms with Crippen molar-refractivity contribution >= 4 is 18.1 Å². The van der Waals surface area contributed by atoms with Gasteiger partial charge in [0.15, 0.2) is 0 Å². The standard InChI is InChI=1S/C9H10N2O/c1-7(11-12)8-5-3-4-6-9(8)10-2/h3-6,12H,2H2,1H3. The Morgan fingerprint density at radius 2 is 2.08 bits per heavy atom. The third kappa shape index (κ3) is 1.50. The number of aliphatic imine (C=N–C) groups is 1. The van der Waals surface area contributed by atoms with Gasteiger partial charge in [0.1, 0.15) is 0 Å². The van der Waals surface area contributed by atoms with Crippen LogP contribution < -0.4 is 0 Å². The molecule has 3 heteroatoms. The van der Waals surface area contributed by atoms with Gasteiger partial charge in [-0.3, -0.25) is 4.99 Å². The van der Waals surface area contributed by atoms with Crippen molar-refractivity contribution in [3.8, 4) is 0 Å². The number of rotatable bonds is 2. The largest absolute Gasteiger partial charge is 0.411 e. The van der Waals surface area contributed by atoms with Gasteiger partial charge in [0.25, 0.3) is 0 Å². The lowest BCUT2D eigenvalue weighted by atomic mass is 10.1. The lowest BCUT2D eigenvalue weighted by Crippen LogP contribution is -1.93. The Bertz CT molecular complexity index is 318. The minimum absolute atomic E-state index is 0.540. The normalized spacial score (nSPS) is 11.2. The third-order valence-corrected chi connectivity index (χ3v) is 1.61. The monoisotopic (exact) mass is 162 g/mol. The topological polar surface area (TPSA) is 45.0 Å². The van der Waals surface area contributed by atoms with Gasteiger partial charge in [0.2, 0.25) is 0 Å². The highest BCUT2D eigenvalue weighted by Crippen LogP contribution is 2.18. The van der Waals surface area contributed by atoms with E-state index in [1.807, 2.05) is 24.3 Å². The van der Waals surface area contributed by atoms with E-state index in [0.717, 1.165) is 11.3 Å². The second-order valence-electron chi connectivity index (χ2n) is 2.36. The Balaban J connectivity index is 3.22. The maximum Gasteiger partial charge on any atom is 0.0858 e. The first-order chi connectivity index (χ1) is 5.79. The Labute approximate surface area is 71.1 Å². The molecule has 0 fully saturated rings. The predicted molar refractivity (Wildman–Crippen MR) is 49.6 cm³/mol. The zero-order chi connectivity index (χ0) is 8.97. The molecule has 0 spiro atoms.